The highest BCUT2D eigenvalue weighted by Crippen LogP contribution is 2.28. The first-order chi connectivity index (χ1) is 14.5. The molecular weight excluding hydrogens is 410 g/mol. The van der Waals surface area contributed by atoms with Gasteiger partial charge in [-0.15, -0.1) is 0 Å². The average molecular weight is 434 g/mol. The highest BCUT2D eigenvalue weighted by atomic mass is 35.5. The second-order valence-corrected chi connectivity index (χ2v) is 7.92. The van der Waals surface area contributed by atoms with Gasteiger partial charge in [0.15, 0.2) is 0 Å². The molecule has 0 bridgehead atoms. The Bertz CT molecular complexity index is 904. The van der Waals surface area contributed by atoms with Crippen LogP contribution in [0, 0.1) is 5.92 Å². The van der Waals surface area contributed by atoms with E-state index >= 15 is 0 Å². The van der Waals surface area contributed by atoms with E-state index in [9.17, 15) is 9.59 Å². The molecule has 2 aromatic heterocycles. The molecule has 1 N–H and O–H groups in total. The number of anilines is 1. The highest BCUT2D eigenvalue weighted by molar-refractivity contribution is 6.29. The number of piperazine rings is 1. The Balaban J connectivity index is 1.50. The fourth-order valence-corrected chi connectivity index (χ4v) is 3.68. The Hall–Kier alpha value is -2.88. The first kappa shape index (κ1) is 20.4. The molecule has 30 heavy (non-hydrogen) atoms. The van der Waals surface area contributed by atoms with Crippen LogP contribution < -0.4 is 10.2 Å². The van der Waals surface area contributed by atoms with Crippen LogP contribution in [0.3, 0.4) is 0 Å². The van der Waals surface area contributed by atoms with E-state index in [1.807, 2.05) is 4.90 Å². The zero-order valence-electron chi connectivity index (χ0n) is 16.7. The zero-order chi connectivity index (χ0) is 21.1. The van der Waals surface area contributed by atoms with E-state index in [0.717, 1.165) is 0 Å². The van der Waals surface area contributed by atoms with Gasteiger partial charge < -0.3 is 19.9 Å². The molecule has 10 nitrogen and oxygen atoms in total. The number of aromatic nitrogens is 4. The van der Waals surface area contributed by atoms with Crippen LogP contribution in [0.2, 0.25) is 5.15 Å². The Morgan fingerprint density at radius 2 is 2.13 bits per heavy atom. The molecule has 3 heterocycles. The van der Waals surface area contributed by atoms with Crippen LogP contribution in [-0.2, 0) is 9.53 Å². The summed E-state index contributed by atoms with van der Waals surface area (Å²) < 4.78 is 6.59. The second kappa shape index (κ2) is 8.86. The van der Waals surface area contributed by atoms with Crippen LogP contribution in [0.4, 0.5) is 10.6 Å². The molecular formula is C19H24ClN7O3. The molecule has 11 heteroatoms. The van der Waals surface area contributed by atoms with Crippen molar-refractivity contribution in [1.29, 1.82) is 0 Å². The summed E-state index contributed by atoms with van der Waals surface area (Å²) in [5.41, 5.74) is 0. The Labute approximate surface area is 179 Å². The Morgan fingerprint density at radius 3 is 2.83 bits per heavy atom. The maximum Gasteiger partial charge on any atom is 0.409 e. The molecule has 2 aliphatic rings. The van der Waals surface area contributed by atoms with Crippen molar-refractivity contribution < 1.29 is 14.3 Å². The predicted octanol–water partition coefficient (Wildman–Crippen LogP) is 1.49. The van der Waals surface area contributed by atoms with Crippen molar-refractivity contribution in [1.82, 2.24) is 29.7 Å². The number of hydrogen-bond acceptors (Lipinski definition) is 7. The summed E-state index contributed by atoms with van der Waals surface area (Å²) >= 11 is 6.23. The third kappa shape index (κ3) is 4.81. The molecule has 0 aromatic carbocycles. The smallest absolute Gasteiger partial charge is 0.409 e. The largest absolute Gasteiger partial charge is 0.453 e. The minimum absolute atomic E-state index is 0.0672. The van der Waals surface area contributed by atoms with Crippen LogP contribution in [0.25, 0.3) is 5.95 Å². The number of nitrogens with zero attached hydrogens (tertiary/aromatic N) is 6. The van der Waals surface area contributed by atoms with Crippen molar-refractivity contribution >= 4 is 29.4 Å². The third-order valence-corrected chi connectivity index (χ3v) is 5.52. The lowest BCUT2D eigenvalue weighted by Crippen LogP contribution is -2.56. The van der Waals surface area contributed by atoms with Crippen LogP contribution in [-0.4, -0.2) is 75.8 Å². The molecule has 0 radical (unpaired) electrons. The van der Waals surface area contributed by atoms with E-state index in [1.54, 1.807) is 34.3 Å². The van der Waals surface area contributed by atoms with Gasteiger partial charge in [0, 0.05) is 51.1 Å². The first-order valence-electron chi connectivity index (χ1n) is 9.92. The molecule has 1 aliphatic carbocycles. The van der Waals surface area contributed by atoms with Gasteiger partial charge in [0.25, 0.3) is 0 Å². The van der Waals surface area contributed by atoms with E-state index < -0.39 is 6.09 Å². The number of methoxy groups -OCH3 is 1. The van der Waals surface area contributed by atoms with Crippen molar-refractivity contribution in [2.75, 3.05) is 38.2 Å². The molecule has 1 unspecified atom stereocenters. The van der Waals surface area contributed by atoms with Crippen LogP contribution in [0.5, 0.6) is 0 Å². The number of carbonyl (C=O) groups is 2. The van der Waals surface area contributed by atoms with E-state index in [0.29, 0.717) is 49.0 Å². The van der Waals surface area contributed by atoms with E-state index in [4.69, 9.17) is 16.3 Å². The van der Waals surface area contributed by atoms with Gasteiger partial charge in [-0.05, 0) is 18.8 Å². The summed E-state index contributed by atoms with van der Waals surface area (Å²) in [6.45, 7) is 2.08. The van der Waals surface area contributed by atoms with Crippen molar-refractivity contribution in [3.63, 3.8) is 0 Å². The molecule has 2 aromatic rings. The lowest BCUT2D eigenvalue weighted by Gasteiger charge is -2.40. The van der Waals surface area contributed by atoms with E-state index in [1.165, 1.54) is 20.0 Å². The molecule has 2 amide bonds. The minimum Gasteiger partial charge on any atom is -0.453 e. The molecule has 1 saturated carbocycles. The van der Waals surface area contributed by atoms with Crippen LogP contribution >= 0.6 is 11.6 Å². The zero-order valence-corrected chi connectivity index (χ0v) is 17.5. The van der Waals surface area contributed by atoms with Gasteiger partial charge in [-0.3, -0.25) is 9.36 Å². The Morgan fingerprint density at radius 1 is 1.30 bits per heavy atom. The van der Waals surface area contributed by atoms with Crippen molar-refractivity contribution in [2.24, 2.45) is 5.92 Å². The number of hydrogen-bond donors (Lipinski definition) is 1. The molecule has 4 rings (SSSR count). The predicted molar refractivity (Wildman–Crippen MR) is 110 cm³/mol. The molecule has 0 spiro atoms. The summed E-state index contributed by atoms with van der Waals surface area (Å²) in [5.74, 6) is 1.57. The molecule has 2 fully saturated rings. The molecule has 1 atom stereocenters. The fraction of sp³-hybridized carbons (Fsp3) is 0.526. The standard InChI is InChI=1S/C19H24ClN7O3/c1-30-19(29)27-7-6-25(11-14(27)8-17(28)22-10-13-2-3-13)16-9-15(20)23-18(24-16)26-5-4-21-12-26/h4-5,9,12-14H,2-3,6-8,10-11H2,1H3,(H,22,28). The Kier molecular flexibility index (Phi) is 6.03. The van der Waals surface area contributed by atoms with Crippen LogP contribution in [0.1, 0.15) is 19.3 Å². The number of carbonyl (C=O) groups excluding carboxylic acids is 2. The average Bonchev–Trinajstić information content (AvgIpc) is 3.41. The van der Waals surface area contributed by atoms with Crippen LogP contribution in [0.15, 0.2) is 24.8 Å². The summed E-state index contributed by atoms with van der Waals surface area (Å²) in [6.07, 6.45) is 7.06. The summed E-state index contributed by atoms with van der Waals surface area (Å²) in [4.78, 5) is 41.1. The summed E-state index contributed by atoms with van der Waals surface area (Å²) in [6, 6.07) is 1.34. The van der Waals surface area contributed by atoms with Gasteiger partial charge in [0.2, 0.25) is 11.9 Å². The first-order valence-corrected chi connectivity index (χ1v) is 10.3. The van der Waals surface area contributed by atoms with Gasteiger partial charge in [-0.1, -0.05) is 11.6 Å². The highest BCUT2D eigenvalue weighted by Gasteiger charge is 2.34. The molecule has 1 aliphatic heterocycles. The van der Waals surface area contributed by atoms with Crippen molar-refractivity contribution in [2.45, 2.75) is 25.3 Å². The van der Waals surface area contributed by atoms with Crippen molar-refractivity contribution in [3.8, 4) is 5.95 Å². The number of imidazole rings is 1. The maximum atomic E-state index is 12.4. The van der Waals surface area contributed by atoms with Gasteiger partial charge in [0.1, 0.15) is 17.3 Å². The van der Waals surface area contributed by atoms with Gasteiger partial charge in [-0.25, -0.2) is 14.8 Å². The van der Waals surface area contributed by atoms with Gasteiger partial charge in [0.05, 0.1) is 13.2 Å². The quantitative estimate of drug-likeness (QED) is 0.688. The molecule has 1 saturated heterocycles. The summed E-state index contributed by atoms with van der Waals surface area (Å²) in [7, 11) is 1.35. The van der Waals surface area contributed by atoms with E-state index in [2.05, 4.69) is 20.3 Å². The maximum absolute atomic E-state index is 12.4. The minimum atomic E-state index is -0.436. The molecule has 160 valence electrons. The fourth-order valence-electron chi connectivity index (χ4n) is 3.51. The SMILES string of the molecule is COC(=O)N1CCN(c2cc(Cl)nc(-n3ccnc3)n2)CC1CC(=O)NCC1CC1. The van der Waals surface area contributed by atoms with Crippen molar-refractivity contribution in [3.05, 3.63) is 29.9 Å². The van der Waals surface area contributed by atoms with Gasteiger partial charge in [-0.2, -0.15) is 4.98 Å². The lowest BCUT2D eigenvalue weighted by atomic mass is 10.1. The lowest BCUT2D eigenvalue weighted by molar-refractivity contribution is -0.122. The monoisotopic (exact) mass is 433 g/mol. The number of amides is 2. The number of ether oxygens (including phenoxy) is 1. The van der Waals surface area contributed by atoms with E-state index in [-0.39, 0.29) is 18.4 Å². The number of nitrogens with one attached hydrogen (secondary N) is 1. The summed E-state index contributed by atoms with van der Waals surface area (Å²) in [5, 5.41) is 3.27. The number of halogens is 1. The number of rotatable bonds is 6. The second-order valence-electron chi connectivity index (χ2n) is 7.53. The topological polar surface area (TPSA) is 105 Å². The van der Waals surface area contributed by atoms with Gasteiger partial charge >= 0.3 is 6.09 Å². The normalized spacial score (nSPS) is 18.9. The third-order valence-electron chi connectivity index (χ3n) is 5.33.